The molecule has 0 aliphatic rings. The van der Waals surface area contributed by atoms with Gasteiger partial charge in [-0.15, -0.1) is 0 Å². The van der Waals surface area contributed by atoms with Crippen LogP contribution in [0.25, 0.3) is 0 Å². The van der Waals surface area contributed by atoms with Crippen LogP contribution in [-0.4, -0.2) is 35.6 Å². The Balaban J connectivity index is 4.17. The average molecular weight is 205 g/mol. The molecule has 0 saturated carbocycles. The summed E-state index contributed by atoms with van der Waals surface area (Å²) in [7, 11) is 0. The van der Waals surface area contributed by atoms with Crippen LogP contribution in [0.2, 0.25) is 0 Å². The maximum Gasteiger partial charge on any atom is 0.404 e. The largest absolute Gasteiger partial charge is 0.441 e. The van der Waals surface area contributed by atoms with Crippen molar-refractivity contribution in [3.05, 3.63) is 0 Å². The minimum atomic E-state index is -0.909. The first kappa shape index (κ1) is 13.2. The van der Waals surface area contributed by atoms with E-state index in [0.29, 0.717) is 0 Å². The van der Waals surface area contributed by atoms with E-state index in [1.54, 1.807) is 6.92 Å². The van der Waals surface area contributed by atoms with Crippen molar-refractivity contribution in [2.24, 2.45) is 5.73 Å². The zero-order valence-electron chi connectivity index (χ0n) is 9.11. The van der Waals surface area contributed by atoms with Gasteiger partial charge >= 0.3 is 6.09 Å². The Bertz CT molecular complexity index is 188. The number of carbonyl (C=O) groups excluding carboxylic acids is 1. The molecule has 0 aliphatic heterocycles. The lowest BCUT2D eigenvalue weighted by Gasteiger charge is -2.29. The smallest absolute Gasteiger partial charge is 0.404 e. The highest BCUT2D eigenvalue weighted by Gasteiger charge is 2.25. The summed E-state index contributed by atoms with van der Waals surface area (Å²) in [5.74, 6) is 0. The van der Waals surface area contributed by atoms with E-state index in [-0.39, 0.29) is 12.2 Å². The third-order valence-corrected chi connectivity index (χ3v) is 1.51. The molecule has 0 spiro atoms. The maximum atomic E-state index is 10.5. The lowest BCUT2D eigenvalue weighted by Crippen LogP contribution is -2.40. The van der Waals surface area contributed by atoms with Gasteiger partial charge in [-0.25, -0.2) is 4.79 Å². The topological polar surface area (TPSA) is 81.8 Å². The number of amides is 1. The van der Waals surface area contributed by atoms with Gasteiger partial charge in [0.15, 0.2) is 6.10 Å². The second-order valence-electron chi connectivity index (χ2n) is 4.09. The van der Waals surface area contributed by atoms with E-state index in [9.17, 15) is 4.79 Å². The molecule has 0 fully saturated rings. The van der Waals surface area contributed by atoms with Crippen molar-refractivity contribution in [2.45, 2.75) is 45.5 Å². The van der Waals surface area contributed by atoms with Gasteiger partial charge in [0.1, 0.15) is 0 Å². The van der Waals surface area contributed by atoms with Gasteiger partial charge in [0.05, 0.1) is 18.3 Å². The molecule has 0 heterocycles. The van der Waals surface area contributed by atoms with E-state index in [1.165, 1.54) is 0 Å². The molecule has 0 aliphatic carbocycles. The Morgan fingerprint density at radius 2 is 2.00 bits per heavy atom. The number of rotatable bonds is 4. The molecule has 0 unspecified atom stereocenters. The molecule has 5 nitrogen and oxygen atoms in total. The summed E-state index contributed by atoms with van der Waals surface area (Å²) in [5, 5.41) is 8.93. The summed E-state index contributed by atoms with van der Waals surface area (Å²) in [4.78, 5) is 10.5. The Hall–Kier alpha value is -0.810. The molecule has 14 heavy (non-hydrogen) atoms. The van der Waals surface area contributed by atoms with Crippen LogP contribution in [0.1, 0.15) is 27.7 Å². The average Bonchev–Trinajstić information content (AvgIpc) is 1.96. The van der Waals surface area contributed by atoms with Crippen LogP contribution in [0.15, 0.2) is 0 Å². The third-order valence-electron chi connectivity index (χ3n) is 1.51. The number of hydrogen-bond donors (Lipinski definition) is 2. The SMILES string of the molecule is C[C@@H](OC(C)(C)C)[C@@H](CO)OC(N)=O. The van der Waals surface area contributed by atoms with Crippen LogP contribution in [0.3, 0.4) is 0 Å². The van der Waals surface area contributed by atoms with Crippen molar-refractivity contribution in [3.63, 3.8) is 0 Å². The van der Waals surface area contributed by atoms with Crippen LogP contribution >= 0.6 is 0 Å². The summed E-state index contributed by atoms with van der Waals surface area (Å²) in [5.41, 5.74) is 4.49. The number of aliphatic hydroxyl groups is 1. The number of nitrogens with two attached hydrogens (primary N) is 1. The van der Waals surface area contributed by atoms with Gasteiger partial charge in [-0.1, -0.05) is 0 Å². The zero-order valence-corrected chi connectivity index (χ0v) is 9.11. The molecule has 0 aromatic carbocycles. The van der Waals surface area contributed by atoms with Crippen LogP contribution in [-0.2, 0) is 9.47 Å². The molecule has 2 atom stereocenters. The molecule has 84 valence electrons. The minimum absolute atomic E-state index is 0.305. The van der Waals surface area contributed by atoms with Crippen molar-refractivity contribution in [1.29, 1.82) is 0 Å². The van der Waals surface area contributed by atoms with E-state index in [2.05, 4.69) is 4.74 Å². The molecule has 0 radical (unpaired) electrons. The fourth-order valence-electron chi connectivity index (χ4n) is 1.06. The molecule has 0 bridgehead atoms. The van der Waals surface area contributed by atoms with Gasteiger partial charge in [0.25, 0.3) is 0 Å². The molecule has 0 aromatic heterocycles. The summed E-state index contributed by atoms with van der Waals surface area (Å²) in [6.45, 7) is 7.04. The number of aliphatic hydroxyl groups excluding tert-OH is 1. The number of primary amides is 1. The van der Waals surface area contributed by atoms with Crippen molar-refractivity contribution in [2.75, 3.05) is 6.61 Å². The predicted molar refractivity (Wildman–Crippen MR) is 51.8 cm³/mol. The quantitative estimate of drug-likeness (QED) is 0.705. The fourth-order valence-corrected chi connectivity index (χ4v) is 1.06. The van der Waals surface area contributed by atoms with Crippen molar-refractivity contribution >= 4 is 6.09 Å². The highest BCUT2D eigenvalue weighted by Crippen LogP contribution is 2.14. The molecule has 0 rings (SSSR count). The molecule has 3 N–H and O–H groups in total. The normalized spacial score (nSPS) is 16.1. The summed E-state index contributed by atoms with van der Waals surface area (Å²) >= 11 is 0. The molecule has 0 aromatic rings. The monoisotopic (exact) mass is 205 g/mol. The zero-order chi connectivity index (χ0) is 11.4. The van der Waals surface area contributed by atoms with E-state index in [1.807, 2.05) is 20.8 Å². The molecular formula is C9H19NO4. The maximum absolute atomic E-state index is 10.5. The molecular weight excluding hydrogens is 186 g/mol. The summed E-state index contributed by atoms with van der Waals surface area (Å²) < 4.78 is 10.2. The lowest BCUT2D eigenvalue weighted by molar-refractivity contribution is -0.113. The third kappa shape index (κ3) is 5.77. The summed E-state index contributed by atoms with van der Waals surface area (Å²) in [6, 6.07) is 0. The van der Waals surface area contributed by atoms with Crippen molar-refractivity contribution in [1.82, 2.24) is 0 Å². The van der Waals surface area contributed by atoms with Gasteiger partial charge < -0.3 is 20.3 Å². The Morgan fingerprint density at radius 1 is 1.50 bits per heavy atom. The van der Waals surface area contributed by atoms with E-state index >= 15 is 0 Å². The number of hydrogen-bond acceptors (Lipinski definition) is 4. The molecule has 5 heteroatoms. The van der Waals surface area contributed by atoms with E-state index < -0.39 is 18.3 Å². The van der Waals surface area contributed by atoms with Gasteiger partial charge in [0, 0.05) is 0 Å². The summed E-state index contributed by atoms with van der Waals surface area (Å²) in [6.07, 6.45) is -2.02. The Labute approximate surface area is 84.2 Å². The fraction of sp³-hybridized carbons (Fsp3) is 0.889. The molecule has 1 amide bonds. The highest BCUT2D eigenvalue weighted by atomic mass is 16.6. The second-order valence-corrected chi connectivity index (χ2v) is 4.09. The van der Waals surface area contributed by atoms with Gasteiger partial charge in [-0.2, -0.15) is 0 Å². The van der Waals surface area contributed by atoms with Crippen molar-refractivity contribution < 1.29 is 19.4 Å². The van der Waals surface area contributed by atoms with Crippen LogP contribution in [0, 0.1) is 0 Å². The Kier molecular flexibility index (Phi) is 4.87. The highest BCUT2D eigenvalue weighted by molar-refractivity contribution is 5.64. The lowest BCUT2D eigenvalue weighted by atomic mass is 10.1. The van der Waals surface area contributed by atoms with Gasteiger partial charge in [0.2, 0.25) is 0 Å². The second kappa shape index (κ2) is 5.17. The first-order chi connectivity index (χ1) is 6.26. The standard InChI is InChI=1S/C9H19NO4/c1-6(14-9(2,3)4)7(5-11)13-8(10)12/h6-7,11H,5H2,1-4H3,(H2,10,12)/t6-,7-/m1/s1. The van der Waals surface area contributed by atoms with E-state index in [0.717, 1.165) is 0 Å². The number of ether oxygens (including phenoxy) is 2. The molecule has 0 saturated heterocycles. The van der Waals surface area contributed by atoms with Gasteiger partial charge in [-0.3, -0.25) is 0 Å². The van der Waals surface area contributed by atoms with E-state index in [4.69, 9.17) is 15.6 Å². The van der Waals surface area contributed by atoms with Crippen LogP contribution in [0.5, 0.6) is 0 Å². The predicted octanol–water partition coefficient (Wildman–Crippen LogP) is 0.646. The van der Waals surface area contributed by atoms with Crippen LogP contribution < -0.4 is 5.73 Å². The number of carbonyl (C=O) groups is 1. The Morgan fingerprint density at radius 3 is 2.29 bits per heavy atom. The van der Waals surface area contributed by atoms with Gasteiger partial charge in [-0.05, 0) is 27.7 Å². The first-order valence-electron chi connectivity index (χ1n) is 4.51. The van der Waals surface area contributed by atoms with Crippen molar-refractivity contribution in [3.8, 4) is 0 Å². The van der Waals surface area contributed by atoms with Crippen LogP contribution in [0.4, 0.5) is 4.79 Å². The minimum Gasteiger partial charge on any atom is -0.441 e. The first-order valence-corrected chi connectivity index (χ1v) is 4.51.